The molecule has 2 saturated heterocycles. The first-order valence-electron chi connectivity index (χ1n) is 6.80. The quantitative estimate of drug-likeness (QED) is 0.504. The minimum atomic E-state index is -4.31. The van der Waals surface area contributed by atoms with E-state index in [-0.39, 0.29) is 0 Å². The second-order valence-electron chi connectivity index (χ2n) is 5.30. The Labute approximate surface area is 121 Å². The third kappa shape index (κ3) is 4.16. The maximum absolute atomic E-state index is 12.5. The number of fused-ring (bicyclic) bond motifs is 1. The van der Waals surface area contributed by atoms with E-state index in [0.29, 0.717) is 38.8 Å². The van der Waals surface area contributed by atoms with Crippen molar-refractivity contribution in [3.05, 3.63) is 0 Å². The Morgan fingerprint density at radius 2 is 1.90 bits per heavy atom. The highest BCUT2D eigenvalue weighted by Crippen LogP contribution is 2.40. The van der Waals surface area contributed by atoms with E-state index < -0.39 is 38.0 Å². The summed E-state index contributed by atoms with van der Waals surface area (Å²) in [5, 5.41) is 11.7. The van der Waals surface area contributed by atoms with Crippen LogP contribution in [0.15, 0.2) is 0 Å². The van der Waals surface area contributed by atoms with Gasteiger partial charge in [0.1, 0.15) is 0 Å². The molecule has 1 amide bonds. The number of hydrazine groups is 1. The van der Waals surface area contributed by atoms with E-state index in [1.54, 1.807) is 5.01 Å². The van der Waals surface area contributed by atoms with Crippen LogP contribution >= 0.6 is 7.60 Å². The lowest BCUT2D eigenvalue weighted by molar-refractivity contribution is -0.191. The zero-order chi connectivity index (χ0) is 15.6. The molecule has 0 radical (unpaired) electrons. The molecule has 10 heteroatoms. The fourth-order valence-electron chi connectivity index (χ4n) is 2.87. The first-order chi connectivity index (χ1) is 9.78. The van der Waals surface area contributed by atoms with Gasteiger partial charge in [0.15, 0.2) is 6.23 Å². The van der Waals surface area contributed by atoms with E-state index in [1.807, 2.05) is 0 Å². The molecule has 0 aromatic carbocycles. The number of carbonyl (C=O) groups excluding carboxylic acids is 1. The van der Waals surface area contributed by atoms with Crippen molar-refractivity contribution in [3.63, 3.8) is 0 Å². The molecule has 2 atom stereocenters. The third-order valence-electron chi connectivity index (χ3n) is 3.68. The maximum atomic E-state index is 12.5. The molecule has 0 saturated carbocycles. The lowest BCUT2D eigenvalue weighted by Gasteiger charge is -2.42. The van der Waals surface area contributed by atoms with Crippen LogP contribution in [0.25, 0.3) is 0 Å². The van der Waals surface area contributed by atoms with Crippen LogP contribution in [0.2, 0.25) is 0 Å². The number of nitrogens with zero attached hydrogens (tertiary/aromatic N) is 2. The van der Waals surface area contributed by atoms with Crippen molar-refractivity contribution in [3.8, 4) is 0 Å². The zero-order valence-electron chi connectivity index (χ0n) is 11.4. The Balaban J connectivity index is 2.19. The van der Waals surface area contributed by atoms with Crippen LogP contribution in [0.5, 0.6) is 0 Å². The summed E-state index contributed by atoms with van der Waals surface area (Å²) in [5.74, 6) is -1.28. The number of carboxylic acid groups (broad SMARTS) is 1. The predicted molar refractivity (Wildman–Crippen MR) is 70.2 cm³/mol. The van der Waals surface area contributed by atoms with Crippen molar-refractivity contribution >= 4 is 19.7 Å². The van der Waals surface area contributed by atoms with E-state index in [4.69, 9.17) is 19.6 Å². The minimum absolute atomic E-state index is 0.372. The average molecular weight is 322 g/mol. The number of hydrogen-bond acceptors (Lipinski definition) is 5. The molecule has 2 rings (SSSR count). The number of amides is 1. The fourth-order valence-corrected chi connectivity index (χ4v) is 3.79. The Bertz CT molecular complexity index is 465. The van der Waals surface area contributed by atoms with Gasteiger partial charge in [-0.1, -0.05) is 0 Å². The monoisotopic (exact) mass is 322 g/mol. The van der Waals surface area contributed by atoms with Crippen LogP contribution in [0, 0.1) is 5.92 Å². The van der Waals surface area contributed by atoms with Crippen LogP contribution in [-0.2, 0) is 14.1 Å². The molecule has 3 N–H and O–H groups in total. The summed E-state index contributed by atoms with van der Waals surface area (Å²) < 4.78 is 15.9. The van der Waals surface area contributed by atoms with Gasteiger partial charge in [0.05, 0.1) is 12.1 Å². The molecule has 9 nitrogen and oxygen atoms in total. The number of rotatable bonds is 3. The lowest BCUT2D eigenvalue weighted by Crippen LogP contribution is -2.57. The van der Waals surface area contributed by atoms with Crippen molar-refractivity contribution in [2.75, 3.05) is 19.3 Å². The minimum Gasteiger partial charge on any atom is -0.450 e. The normalized spacial score (nSPS) is 27.9. The summed E-state index contributed by atoms with van der Waals surface area (Å²) in [6, 6.07) is 0. The highest BCUT2D eigenvalue weighted by Gasteiger charge is 2.41. The van der Waals surface area contributed by atoms with E-state index in [2.05, 4.69) is 0 Å². The molecule has 0 aliphatic carbocycles. The summed E-state index contributed by atoms with van der Waals surface area (Å²) in [5.41, 5.74) is 0. The van der Waals surface area contributed by atoms with Crippen molar-refractivity contribution in [1.29, 1.82) is 0 Å². The number of hydrogen-bond donors (Lipinski definition) is 3. The Morgan fingerprint density at radius 1 is 1.29 bits per heavy atom. The van der Waals surface area contributed by atoms with Gasteiger partial charge in [-0.3, -0.25) is 9.36 Å². The summed E-state index contributed by atoms with van der Waals surface area (Å²) in [4.78, 5) is 41.4. The largest absolute Gasteiger partial charge is 0.507 e. The van der Waals surface area contributed by atoms with Crippen molar-refractivity contribution in [1.82, 2.24) is 10.0 Å². The van der Waals surface area contributed by atoms with E-state index in [9.17, 15) is 14.2 Å². The molecular formula is C11H19N2O7P. The highest BCUT2D eigenvalue weighted by atomic mass is 31.2. The van der Waals surface area contributed by atoms with Gasteiger partial charge >= 0.3 is 13.8 Å². The second kappa shape index (κ2) is 6.31. The van der Waals surface area contributed by atoms with Gasteiger partial charge in [-0.05, 0) is 19.3 Å². The number of carbonyl (C=O) groups is 2. The SMILES string of the molecule is O=C(O)O[C@H]1CCCN2CCC[C@H](CP(=O)(O)O)C(=O)N12. The molecule has 120 valence electrons. The Hall–Kier alpha value is -1.15. The molecule has 0 aromatic rings. The molecule has 21 heavy (non-hydrogen) atoms. The van der Waals surface area contributed by atoms with Gasteiger partial charge in [-0.25, -0.2) is 14.8 Å². The van der Waals surface area contributed by atoms with E-state index in [0.717, 1.165) is 0 Å². The Kier molecular flexibility index (Phi) is 4.88. The maximum Gasteiger partial charge on any atom is 0.507 e. The molecule has 2 aliphatic rings. The van der Waals surface area contributed by atoms with Crippen LogP contribution in [-0.4, -0.2) is 62.5 Å². The lowest BCUT2D eigenvalue weighted by atomic mass is 10.1. The third-order valence-corrected chi connectivity index (χ3v) is 4.60. The topological polar surface area (TPSA) is 128 Å². The highest BCUT2D eigenvalue weighted by molar-refractivity contribution is 7.51. The van der Waals surface area contributed by atoms with Crippen LogP contribution < -0.4 is 0 Å². The molecule has 0 aromatic heterocycles. The first-order valence-corrected chi connectivity index (χ1v) is 8.60. The van der Waals surface area contributed by atoms with Crippen molar-refractivity contribution in [2.45, 2.75) is 31.9 Å². The molecule has 0 unspecified atom stereocenters. The summed E-state index contributed by atoms with van der Waals surface area (Å²) in [6.07, 6.45) is -0.826. The van der Waals surface area contributed by atoms with Crippen molar-refractivity contribution in [2.24, 2.45) is 5.92 Å². The molecular weight excluding hydrogens is 303 g/mol. The molecule has 0 bridgehead atoms. The smallest absolute Gasteiger partial charge is 0.450 e. The molecule has 2 fully saturated rings. The first kappa shape index (κ1) is 16.2. The van der Waals surface area contributed by atoms with E-state index >= 15 is 0 Å². The molecule has 2 aliphatic heterocycles. The average Bonchev–Trinajstić information content (AvgIpc) is 2.48. The van der Waals surface area contributed by atoms with Gasteiger partial charge in [-0.15, -0.1) is 0 Å². The van der Waals surface area contributed by atoms with Gasteiger partial charge < -0.3 is 19.6 Å². The van der Waals surface area contributed by atoms with E-state index in [1.165, 1.54) is 5.01 Å². The predicted octanol–water partition coefficient (Wildman–Crippen LogP) is 0.434. The van der Waals surface area contributed by atoms with Crippen molar-refractivity contribution < 1.29 is 33.8 Å². The second-order valence-corrected chi connectivity index (χ2v) is 7.00. The van der Waals surface area contributed by atoms with Gasteiger partial charge in [0.2, 0.25) is 5.91 Å². The van der Waals surface area contributed by atoms with Gasteiger partial charge in [0, 0.05) is 19.5 Å². The molecule has 2 heterocycles. The number of ether oxygens (including phenoxy) is 1. The Morgan fingerprint density at radius 3 is 2.48 bits per heavy atom. The summed E-state index contributed by atoms with van der Waals surface area (Å²) in [7, 11) is -4.31. The molecule has 0 spiro atoms. The summed E-state index contributed by atoms with van der Waals surface area (Å²) >= 11 is 0. The van der Waals surface area contributed by atoms with Gasteiger partial charge in [-0.2, -0.15) is 0 Å². The fraction of sp³-hybridized carbons (Fsp3) is 0.818. The van der Waals surface area contributed by atoms with Crippen LogP contribution in [0.1, 0.15) is 25.7 Å². The van der Waals surface area contributed by atoms with Crippen LogP contribution in [0.3, 0.4) is 0 Å². The van der Waals surface area contributed by atoms with Gasteiger partial charge in [0.25, 0.3) is 0 Å². The summed E-state index contributed by atoms with van der Waals surface area (Å²) in [6.45, 7) is 1.15. The van der Waals surface area contributed by atoms with Crippen LogP contribution in [0.4, 0.5) is 4.79 Å². The zero-order valence-corrected chi connectivity index (χ0v) is 12.3. The standard InChI is InChI=1S/C11H19N2O7P/c14-10-8(7-21(17,18)19)3-1-5-12-6-2-4-9(13(10)12)20-11(15)16/h8-9H,1-7H2,(H,15,16)(H2,17,18,19)/t8-,9+/m1/s1.